The normalized spacial score (nSPS) is 23.6. The van der Waals surface area contributed by atoms with Crippen LogP contribution >= 0.6 is 0 Å². The molecule has 5 nitrogen and oxygen atoms in total. The highest BCUT2D eigenvalue weighted by Gasteiger charge is 2.34. The van der Waals surface area contributed by atoms with Crippen LogP contribution in [0.15, 0.2) is 30.3 Å². The molecule has 25 heavy (non-hydrogen) atoms. The van der Waals surface area contributed by atoms with Gasteiger partial charge < -0.3 is 10.6 Å². The number of likely N-dealkylation sites (tertiary alicyclic amines) is 1. The monoisotopic (exact) mass is 337 g/mol. The van der Waals surface area contributed by atoms with Gasteiger partial charge in [0.2, 0.25) is 5.91 Å². The van der Waals surface area contributed by atoms with Gasteiger partial charge in [0.1, 0.15) is 0 Å². The van der Waals surface area contributed by atoms with Crippen LogP contribution in [0.1, 0.15) is 54.6 Å². The molecule has 0 unspecified atom stereocenters. The lowest BCUT2D eigenvalue weighted by Crippen LogP contribution is -2.48. The van der Waals surface area contributed by atoms with E-state index < -0.39 is 0 Å². The summed E-state index contributed by atoms with van der Waals surface area (Å²) >= 11 is 0. The van der Waals surface area contributed by atoms with Crippen LogP contribution in [0.4, 0.5) is 0 Å². The number of carbonyl (C=O) groups is 2. The molecular formula is C20H23N3O2. The second-order valence-corrected chi connectivity index (χ2v) is 7.37. The molecule has 2 amide bonds. The van der Waals surface area contributed by atoms with E-state index in [0.29, 0.717) is 18.0 Å². The molecule has 5 heteroatoms. The molecule has 130 valence electrons. The van der Waals surface area contributed by atoms with Crippen molar-refractivity contribution in [2.24, 2.45) is 11.7 Å². The van der Waals surface area contributed by atoms with E-state index in [1.54, 1.807) is 0 Å². The van der Waals surface area contributed by atoms with Crippen molar-refractivity contribution < 1.29 is 9.59 Å². The number of rotatable bonds is 3. The number of hydrogen-bond donors (Lipinski definition) is 1. The smallest absolute Gasteiger partial charge is 0.254 e. The highest BCUT2D eigenvalue weighted by Crippen LogP contribution is 2.40. The SMILES string of the molecule is C[C@H]1CC[C@H](C(N)=O)CN1C(=O)c1cc(C2CC2)nc2ccccc12. The molecule has 2 heterocycles. The maximum Gasteiger partial charge on any atom is 0.254 e. The molecule has 2 aromatic rings. The number of benzene rings is 1. The first-order chi connectivity index (χ1) is 12.0. The first-order valence-electron chi connectivity index (χ1n) is 9.04. The maximum absolute atomic E-state index is 13.3. The van der Waals surface area contributed by atoms with Crippen molar-refractivity contribution in [3.8, 4) is 0 Å². The Balaban J connectivity index is 1.74. The van der Waals surface area contributed by atoms with Gasteiger partial charge in [0.25, 0.3) is 5.91 Å². The third kappa shape index (κ3) is 2.99. The largest absolute Gasteiger partial charge is 0.369 e. The molecule has 1 aliphatic carbocycles. The number of pyridine rings is 1. The minimum absolute atomic E-state index is 0.0149. The van der Waals surface area contributed by atoms with E-state index in [4.69, 9.17) is 10.7 Å². The Morgan fingerprint density at radius 3 is 2.64 bits per heavy atom. The van der Waals surface area contributed by atoms with Crippen LogP contribution in [-0.2, 0) is 4.79 Å². The number of primary amides is 1. The molecule has 0 bridgehead atoms. The first kappa shape index (κ1) is 16.1. The third-order valence-electron chi connectivity index (χ3n) is 5.51. The van der Waals surface area contributed by atoms with E-state index in [-0.39, 0.29) is 23.8 Å². The van der Waals surface area contributed by atoms with Gasteiger partial charge in [0.15, 0.2) is 0 Å². The summed E-state index contributed by atoms with van der Waals surface area (Å²) in [5.74, 6) is -0.105. The van der Waals surface area contributed by atoms with Gasteiger partial charge in [-0.15, -0.1) is 0 Å². The van der Waals surface area contributed by atoms with Crippen molar-refractivity contribution in [3.63, 3.8) is 0 Å². The zero-order valence-corrected chi connectivity index (χ0v) is 14.4. The maximum atomic E-state index is 13.3. The van der Waals surface area contributed by atoms with Crippen molar-refractivity contribution in [1.29, 1.82) is 0 Å². The van der Waals surface area contributed by atoms with Gasteiger partial charge in [0, 0.05) is 29.6 Å². The summed E-state index contributed by atoms with van der Waals surface area (Å²) in [6.45, 7) is 2.45. The zero-order chi connectivity index (χ0) is 17.6. The van der Waals surface area contributed by atoms with E-state index >= 15 is 0 Å². The molecule has 1 aliphatic heterocycles. The Labute approximate surface area is 147 Å². The minimum Gasteiger partial charge on any atom is -0.369 e. The minimum atomic E-state index is -0.317. The Morgan fingerprint density at radius 1 is 1.16 bits per heavy atom. The van der Waals surface area contributed by atoms with Crippen molar-refractivity contribution in [3.05, 3.63) is 41.6 Å². The summed E-state index contributed by atoms with van der Waals surface area (Å²) < 4.78 is 0. The molecule has 1 aromatic heterocycles. The highest BCUT2D eigenvalue weighted by atomic mass is 16.2. The average molecular weight is 337 g/mol. The lowest BCUT2D eigenvalue weighted by Gasteiger charge is -2.37. The molecule has 0 spiro atoms. The van der Waals surface area contributed by atoms with Gasteiger partial charge in [-0.1, -0.05) is 18.2 Å². The molecular weight excluding hydrogens is 314 g/mol. The lowest BCUT2D eigenvalue weighted by atomic mass is 9.92. The molecule has 2 atom stereocenters. The van der Waals surface area contributed by atoms with E-state index in [2.05, 4.69) is 0 Å². The first-order valence-corrected chi connectivity index (χ1v) is 9.04. The fourth-order valence-electron chi connectivity index (χ4n) is 3.74. The third-order valence-corrected chi connectivity index (χ3v) is 5.51. The second-order valence-electron chi connectivity index (χ2n) is 7.37. The van der Waals surface area contributed by atoms with E-state index in [9.17, 15) is 9.59 Å². The topological polar surface area (TPSA) is 76.3 Å². The van der Waals surface area contributed by atoms with Gasteiger partial charge in [-0.3, -0.25) is 14.6 Å². The van der Waals surface area contributed by atoms with Crippen LogP contribution in [0.5, 0.6) is 0 Å². The summed E-state index contributed by atoms with van der Waals surface area (Å²) in [5.41, 5.74) is 8.07. The molecule has 2 aliphatic rings. The van der Waals surface area contributed by atoms with Gasteiger partial charge in [0.05, 0.1) is 17.0 Å². The van der Waals surface area contributed by atoms with E-state index in [1.807, 2.05) is 42.2 Å². The zero-order valence-electron chi connectivity index (χ0n) is 14.4. The van der Waals surface area contributed by atoms with E-state index in [1.165, 1.54) is 0 Å². The van der Waals surface area contributed by atoms with Crippen LogP contribution in [0.3, 0.4) is 0 Å². The number of piperidine rings is 1. The van der Waals surface area contributed by atoms with Gasteiger partial charge in [-0.05, 0) is 44.7 Å². The number of fused-ring (bicyclic) bond motifs is 1. The van der Waals surface area contributed by atoms with Gasteiger partial charge in [-0.2, -0.15) is 0 Å². The quantitative estimate of drug-likeness (QED) is 0.935. The highest BCUT2D eigenvalue weighted by molar-refractivity contribution is 6.06. The molecule has 1 saturated carbocycles. The van der Waals surface area contributed by atoms with Crippen LogP contribution in [-0.4, -0.2) is 34.3 Å². The number of nitrogens with two attached hydrogens (primary N) is 1. The van der Waals surface area contributed by atoms with Crippen molar-refractivity contribution >= 4 is 22.7 Å². The molecule has 0 radical (unpaired) electrons. The molecule has 1 saturated heterocycles. The number of amides is 2. The summed E-state index contributed by atoms with van der Waals surface area (Å²) in [5, 5.41) is 0.880. The number of aromatic nitrogens is 1. The lowest BCUT2D eigenvalue weighted by molar-refractivity contribution is -0.123. The number of hydrogen-bond acceptors (Lipinski definition) is 3. The van der Waals surface area contributed by atoms with Crippen LogP contribution in [0.25, 0.3) is 10.9 Å². The molecule has 2 fully saturated rings. The fourth-order valence-corrected chi connectivity index (χ4v) is 3.74. The molecule has 2 N–H and O–H groups in total. The fraction of sp³-hybridized carbons (Fsp3) is 0.450. The Morgan fingerprint density at radius 2 is 1.92 bits per heavy atom. The summed E-state index contributed by atoms with van der Waals surface area (Å²) in [6, 6.07) is 9.87. The van der Waals surface area contributed by atoms with Crippen LogP contribution < -0.4 is 5.73 Å². The van der Waals surface area contributed by atoms with Crippen LogP contribution in [0.2, 0.25) is 0 Å². The van der Waals surface area contributed by atoms with Crippen molar-refractivity contribution in [1.82, 2.24) is 9.88 Å². The predicted octanol–water partition coefficient (Wildman–Crippen LogP) is 2.84. The summed E-state index contributed by atoms with van der Waals surface area (Å²) in [4.78, 5) is 31.5. The molecule has 4 rings (SSSR count). The summed E-state index contributed by atoms with van der Waals surface area (Å²) in [7, 11) is 0. The number of para-hydroxylation sites is 1. The number of nitrogens with zero attached hydrogens (tertiary/aromatic N) is 2. The average Bonchev–Trinajstić information content (AvgIpc) is 3.45. The standard InChI is InChI=1S/C20H23N3O2/c1-12-6-7-14(19(21)24)11-23(12)20(25)16-10-18(13-8-9-13)22-17-5-3-2-4-15(16)17/h2-5,10,12-14H,6-9,11H2,1H3,(H2,21,24)/t12-,14-/m0/s1. The number of carbonyl (C=O) groups excluding carboxylic acids is 2. The Bertz CT molecular complexity index is 844. The van der Waals surface area contributed by atoms with Crippen LogP contribution in [0, 0.1) is 5.92 Å². The van der Waals surface area contributed by atoms with Crippen molar-refractivity contribution in [2.75, 3.05) is 6.54 Å². The second kappa shape index (κ2) is 6.14. The molecule has 1 aromatic carbocycles. The predicted molar refractivity (Wildman–Crippen MR) is 96.1 cm³/mol. The van der Waals surface area contributed by atoms with Gasteiger partial charge >= 0.3 is 0 Å². The van der Waals surface area contributed by atoms with Gasteiger partial charge in [-0.25, -0.2) is 0 Å². The Kier molecular flexibility index (Phi) is 3.94. The van der Waals surface area contributed by atoms with E-state index in [0.717, 1.165) is 42.3 Å². The van der Waals surface area contributed by atoms with Crippen molar-refractivity contribution in [2.45, 2.75) is 44.6 Å². The summed E-state index contributed by atoms with van der Waals surface area (Å²) in [6.07, 6.45) is 3.84. The Hall–Kier alpha value is -2.43.